The van der Waals surface area contributed by atoms with Gasteiger partial charge in [0.1, 0.15) is 0 Å². The fourth-order valence-electron chi connectivity index (χ4n) is 2.09. The van der Waals surface area contributed by atoms with Crippen molar-refractivity contribution in [3.05, 3.63) is 23.8 Å². The van der Waals surface area contributed by atoms with Crippen molar-refractivity contribution in [3.8, 4) is 0 Å². The molecule has 1 N–H and O–H groups in total. The van der Waals surface area contributed by atoms with Crippen LogP contribution in [0.2, 0.25) is 0 Å². The first-order chi connectivity index (χ1) is 7.31. The van der Waals surface area contributed by atoms with E-state index < -0.39 is 0 Å². The van der Waals surface area contributed by atoms with Crippen molar-refractivity contribution in [2.75, 3.05) is 29.9 Å². The van der Waals surface area contributed by atoms with E-state index in [-0.39, 0.29) is 0 Å². The molecule has 15 heavy (non-hydrogen) atoms. The molecule has 2 nitrogen and oxygen atoms in total. The molecule has 0 atom stereocenters. The minimum absolute atomic E-state index is 1.07. The van der Waals surface area contributed by atoms with Crippen molar-refractivity contribution in [2.45, 2.75) is 26.7 Å². The molecule has 0 saturated carbocycles. The molecule has 0 unspecified atom stereocenters. The maximum atomic E-state index is 3.47. The molecule has 1 aliphatic heterocycles. The van der Waals surface area contributed by atoms with Crippen LogP contribution in [0.5, 0.6) is 0 Å². The van der Waals surface area contributed by atoms with Gasteiger partial charge in [0.15, 0.2) is 0 Å². The molecule has 0 spiro atoms. The van der Waals surface area contributed by atoms with Gasteiger partial charge >= 0.3 is 0 Å². The molecule has 1 aromatic rings. The van der Waals surface area contributed by atoms with Gasteiger partial charge in [0.25, 0.3) is 0 Å². The van der Waals surface area contributed by atoms with Crippen molar-refractivity contribution >= 4 is 11.4 Å². The van der Waals surface area contributed by atoms with Gasteiger partial charge in [-0.1, -0.05) is 19.4 Å². The highest BCUT2D eigenvalue weighted by molar-refractivity contribution is 5.72. The number of hydrogen-bond donors (Lipinski definition) is 1. The summed E-state index contributed by atoms with van der Waals surface area (Å²) in [6, 6.07) is 6.69. The summed E-state index contributed by atoms with van der Waals surface area (Å²) in [6.07, 6.45) is 2.55. The number of benzene rings is 1. The Morgan fingerprint density at radius 2 is 2.27 bits per heavy atom. The van der Waals surface area contributed by atoms with E-state index in [1.54, 1.807) is 0 Å². The van der Waals surface area contributed by atoms with Gasteiger partial charge in [0.05, 0.1) is 11.4 Å². The van der Waals surface area contributed by atoms with E-state index in [0.29, 0.717) is 0 Å². The average molecular weight is 204 g/mol. The van der Waals surface area contributed by atoms with E-state index in [1.165, 1.54) is 36.3 Å². The second-order valence-corrected chi connectivity index (χ2v) is 4.29. The number of nitrogens with one attached hydrogen (secondary N) is 1. The zero-order chi connectivity index (χ0) is 10.7. The maximum absolute atomic E-state index is 3.47. The third-order valence-corrected chi connectivity index (χ3v) is 2.97. The van der Waals surface area contributed by atoms with Crippen LogP contribution < -0.4 is 10.2 Å². The Hall–Kier alpha value is -1.18. The molecule has 2 heteroatoms. The molecule has 0 fully saturated rings. The third-order valence-electron chi connectivity index (χ3n) is 2.97. The Labute approximate surface area is 92.3 Å². The Morgan fingerprint density at radius 3 is 3.07 bits per heavy atom. The van der Waals surface area contributed by atoms with Crippen LogP contribution in [0, 0.1) is 6.92 Å². The normalized spacial score (nSPS) is 14.7. The number of aryl methyl sites for hydroxylation is 1. The van der Waals surface area contributed by atoms with Crippen molar-refractivity contribution < 1.29 is 0 Å². The van der Waals surface area contributed by atoms with Crippen molar-refractivity contribution in [3.63, 3.8) is 0 Å². The molecule has 0 radical (unpaired) electrons. The number of unbranched alkanes of at least 4 members (excludes halogenated alkanes) is 1. The average Bonchev–Trinajstić information content (AvgIpc) is 2.25. The first-order valence-electron chi connectivity index (χ1n) is 5.90. The van der Waals surface area contributed by atoms with E-state index in [0.717, 1.165) is 13.1 Å². The van der Waals surface area contributed by atoms with Crippen LogP contribution in [-0.2, 0) is 0 Å². The first-order valence-corrected chi connectivity index (χ1v) is 5.90. The van der Waals surface area contributed by atoms with Crippen molar-refractivity contribution in [1.82, 2.24) is 0 Å². The molecule has 0 bridgehead atoms. The quantitative estimate of drug-likeness (QED) is 0.814. The molecular formula is C13H20N2. The van der Waals surface area contributed by atoms with Gasteiger partial charge in [0.2, 0.25) is 0 Å². The van der Waals surface area contributed by atoms with Crippen LogP contribution in [0.25, 0.3) is 0 Å². The summed E-state index contributed by atoms with van der Waals surface area (Å²) in [5.74, 6) is 0. The zero-order valence-electron chi connectivity index (χ0n) is 9.71. The molecule has 1 aliphatic rings. The summed E-state index contributed by atoms with van der Waals surface area (Å²) in [7, 11) is 0. The minimum Gasteiger partial charge on any atom is -0.382 e. The fraction of sp³-hybridized carbons (Fsp3) is 0.538. The van der Waals surface area contributed by atoms with Gasteiger partial charge in [-0.2, -0.15) is 0 Å². The van der Waals surface area contributed by atoms with Crippen molar-refractivity contribution in [1.29, 1.82) is 0 Å². The van der Waals surface area contributed by atoms with Gasteiger partial charge in [-0.15, -0.1) is 0 Å². The van der Waals surface area contributed by atoms with E-state index in [4.69, 9.17) is 0 Å². The second-order valence-electron chi connectivity index (χ2n) is 4.29. The van der Waals surface area contributed by atoms with Crippen LogP contribution in [0.3, 0.4) is 0 Å². The SMILES string of the molecule is CCCCN1CCNc2cc(C)ccc21. The molecular weight excluding hydrogens is 184 g/mol. The van der Waals surface area contributed by atoms with Crippen molar-refractivity contribution in [2.24, 2.45) is 0 Å². The highest BCUT2D eigenvalue weighted by atomic mass is 15.2. The largest absolute Gasteiger partial charge is 0.382 e. The molecule has 0 saturated heterocycles. The molecule has 0 aliphatic carbocycles. The van der Waals surface area contributed by atoms with E-state index in [2.05, 4.69) is 42.3 Å². The molecule has 1 heterocycles. The van der Waals surface area contributed by atoms with Gasteiger partial charge < -0.3 is 10.2 Å². The maximum Gasteiger partial charge on any atom is 0.0602 e. The topological polar surface area (TPSA) is 15.3 Å². The number of fused-ring (bicyclic) bond motifs is 1. The van der Waals surface area contributed by atoms with E-state index in [9.17, 15) is 0 Å². The van der Waals surface area contributed by atoms with Gasteiger partial charge in [0, 0.05) is 19.6 Å². The molecule has 1 aromatic carbocycles. The summed E-state index contributed by atoms with van der Waals surface area (Å²) in [4.78, 5) is 2.49. The molecule has 0 aromatic heterocycles. The third kappa shape index (κ3) is 2.25. The summed E-state index contributed by atoms with van der Waals surface area (Å²) in [5.41, 5.74) is 4.01. The summed E-state index contributed by atoms with van der Waals surface area (Å²) < 4.78 is 0. The highest BCUT2D eigenvalue weighted by Gasteiger charge is 2.15. The van der Waals surface area contributed by atoms with E-state index >= 15 is 0 Å². The molecule has 2 rings (SSSR count). The Kier molecular flexibility index (Phi) is 3.14. The van der Waals surface area contributed by atoms with Gasteiger partial charge in [-0.3, -0.25) is 0 Å². The second kappa shape index (κ2) is 4.56. The molecule has 82 valence electrons. The van der Waals surface area contributed by atoms with E-state index in [1.807, 2.05) is 0 Å². The lowest BCUT2D eigenvalue weighted by Gasteiger charge is -2.32. The molecule has 0 amide bonds. The smallest absolute Gasteiger partial charge is 0.0602 e. The summed E-state index contributed by atoms with van der Waals surface area (Å²) >= 11 is 0. The Balaban J connectivity index is 2.18. The minimum atomic E-state index is 1.07. The standard InChI is InChI=1S/C13H20N2/c1-3-4-8-15-9-7-14-12-10-11(2)5-6-13(12)15/h5-6,10,14H,3-4,7-9H2,1-2H3. The summed E-state index contributed by atoms with van der Waals surface area (Å²) in [5, 5.41) is 3.47. The van der Waals surface area contributed by atoms with Crippen LogP contribution in [-0.4, -0.2) is 19.6 Å². The monoisotopic (exact) mass is 204 g/mol. The Morgan fingerprint density at radius 1 is 1.40 bits per heavy atom. The number of hydrogen-bond acceptors (Lipinski definition) is 2. The van der Waals surface area contributed by atoms with Crippen LogP contribution in [0.1, 0.15) is 25.3 Å². The first kappa shape index (κ1) is 10.3. The highest BCUT2D eigenvalue weighted by Crippen LogP contribution is 2.29. The lowest BCUT2D eigenvalue weighted by atomic mass is 10.1. The van der Waals surface area contributed by atoms with Gasteiger partial charge in [-0.25, -0.2) is 0 Å². The van der Waals surface area contributed by atoms with Crippen LogP contribution in [0.4, 0.5) is 11.4 Å². The van der Waals surface area contributed by atoms with Gasteiger partial charge in [-0.05, 0) is 31.0 Å². The summed E-state index contributed by atoms with van der Waals surface area (Å²) in [6.45, 7) is 7.79. The Bertz CT molecular complexity index is 333. The zero-order valence-corrected chi connectivity index (χ0v) is 9.71. The fourth-order valence-corrected chi connectivity index (χ4v) is 2.09. The van der Waals surface area contributed by atoms with Crippen LogP contribution >= 0.6 is 0 Å². The number of nitrogens with zero attached hydrogens (tertiary/aromatic N) is 1. The number of anilines is 2. The predicted molar refractivity (Wildman–Crippen MR) is 66.8 cm³/mol. The van der Waals surface area contributed by atoms with Crippen LogP contribution in [0.15, 0.2) is 18.2 Å². The predicted octanol–water partition coefficient (Wildman–Crippen LogP) is 3.03. The lowest BCUT2D eigenvalue weighted by molar-refractivity contribution is 0.713. The lowest BCUT2D eigenvalue weighted by Crippen LogP contribution is -2.34. The number of rotatable bonds is 3.